The summed E-state index contributed by atoms with van der Waals surface area (Å²) in [6.45, 7) is 1.03. The molecule has 0 atom stereocenters. The second-order valence-corrected chi connectivity index (χ2v) is 9.84. The fourth-order valence-corrected chi connectivity index (χ4v) is 7.01. The average molecular weight is 374 g/mol. The number of likely N-dealkylation sites (tertiary alicyclic amines) is 1. The Morgan fingerprint density at radius 3 is 2.27 bits per heavy atom. The highest BCUT2D eigenvalue weighted by Crippen LogP contribution is 2.64. The van der Waals surface area contributed by atoms with Crippen molar-refractivity contribution in [2.75, 3.05) is 13.1 Å². The zero-order valence-corrected chi connectivity index (χ0v) is 16.0. The summed E-state index contributed by atoms with van der Waals surface area (Å²) in [4.78, 5) is 14.9. The second kappa shape index (κ2) is 6.24. The second-order valence-electron chi connectivity index (χ2n) is 9.44. The molecular formula is C22H28ClNO2. The van der Waals surface area contributed by atoms with Crippen molar-refractivity contribution in [1.29, 1.82) is 0 Å². The fraction of sp³-hybridized carbons (Fsp3) is 0.682. The third kappa shape index (κ3) is 2.70. The molecule has 6 rings (SSSR count). The Morgan fingerprint density at radius 1 is 1.08 bits per heavy atom. The van der Waals surface area contributed by atoms with Gasteiger partial charge in [0, 0.05) is 24.5 Å². The number of halogens is 1. The van der Waals surface area contributed by atoms with Crippen LogP contribution in [-0.2, 0) is 11.2 Å². The lowest BCUT2D eigenvalue weighted by Crippen LogP contribution is -2.58. The lowest BCUT2D eigenvalue weighted by atomic mass is 9.43. The summed E-state index contributed by atoms with van der Waals surface area (Å²) >= 11 is 6.53. The SMILES string of the molecule is O=C(CC1(Cc2ccccc2Cl)C2CC3CC(C2)CC1C3)N1CC(O)C1. The largest absolute Gasteiger partial charge is 0.389 e. The molecule has 3 nitrogen and oxygen atoms in total. The van der Waals surface area contributed by atoms with Crippen molar-refractivity contribution in [3.63, 3.8) is 0 Å². The summed E-state index contributed by atoms with van der Waals surface area (Å²) in [5.74, 6) is 3.33. The first kappa shape index (κ1) is 17.1. The van der Waals surface area contributed by atoms with Crippen LogP contribution in [0.1, 0.15) is 44.1 Å². The van der Waals surface area contributed by atoms with Gasteiger partial charge in [-0.2, -0.15) is 0 Å². The fourth-order valence-electron chi connectivity index (χ4n) is 6.81. The molecule has 1 aromatic carbocycles. The molecule has 26 heavy (non-hydrogen) atoms. The van der Waals surface area contributed by atoms with Gasteiger partial charge in [-0.1, -0.05) is 29.8 Å². The van der Waals surface area contributed by atoms with E-state index in [9.17, 15) is 9.90 Å². The Hall–Kier alpha value is -1.06. The number of hydrogen-bond donors (Lipinski definition) is 1. The van der Waals surface area contributed by atoms with Crippen molar-refractivity contribution < 1.29 is 9.90 Å². The number of nitrogens with zero attached hydrogens (tertiary/aromatic N) is 1. The van der Waals surface area contributed by atoms with Crippen LogP contribution in [0.25, 0.3) is 0 Å². The molecule has 4 aliphatic carbocycles. The standard InChI is InChI=1S/C22H28ClNO2/c23-20-4-2-1-3-16(20)10-22(11-21(26)24-12-19(25)13-24)17-6-14-5-15(8-17)9-18(22)7-14/h1-4,14-15,17-19,25H,5-13H2. The van der Waals surface area contributed by atoms with Gasteiger partial charge in [-0.25, -0.2) is 0 Å². The highest BCUT2D eigenvalue weighted by molar-refractivity contribution is 6.31. The van der Waals surface area contributed by atoms with Gasteiger partial charge in [0.2, 0.25) is 5.91 Å². The predicted molar refractivity (Wildman–Crippen MR) is 102 cm³/mol. The molecule has 0 radical (unpaired) electrons. The third-order valence-electron chi connectivity index (χ3n) is 7.94. The molecule has 140 valence electrons. The van der Waals surface area contributed by atoms with Crippen molar-refractivity contribution in [1.82, 2.24) is 4.90 Å². The summed E-state index contributed by atoms with van der Waals surface area (Å²) in [6.07, 6.45) is 7.86. The molecule has 0 spiro atoms. The van der Waals surface area contributed by atoms with Gasteiger partial charge in [-0.15, -0.1) is 0 Å². The molecule has 1 aromatic rings. The number of amides is 1. The summed E-state index contributed by atoms with van der Waals surface area (Å²) in [5.41, 5.74) is 1.27. The minimum absolute atomic E-state index is 0.0655. The van der Waals surface area contributed by atoms with Crippen LogP contribution in [-0.4, -0.2) is 35.1 Å². The maximum Gasteiger partial charge on any atom is 0.223 e. The van der Waals surface area contributed by atoms with Gasteiger partial charge in [0.05, 0.1) is 6.10 Å². The molecule has 5 fully saturated rings. The van der Waals surface area contributed by atoms with Gasteiger partial charge in [-0.3, -0.25) is 4.79 Å². The number of aliphatic hydroxyl groups is 1. The molecule has 0 unspecified atom stereocenters. The highest BCUT2D eigenvalue weighted by atomic mass is 35.5. The lowest BCUT2D eigenvalue weighted by Gasteiger charge is -2.62. The first-order chi connectivity index (χ1) is 12.5. The Bertz CT molecular complexity index is 684. The Morgan fingerprint density at radius 2 is 1.69 bits per heavy atom. The van der Waals surface area contributed by atoms with Crippen molar-refractivity contribution in [3.05, 3.63) is 34.9 Å². The molecule has 1 aliphatic heterocycles. The summed E-state index contributed by atoms with van der Waals surface area (Å²) in [5, 5.41) is 10.4. The lowest BCUT2D eigenvalue weighted by molar-refractivity contribution is -0.157. The van der Waals surface area contributed by atoms with E-state index in [1.54, 1.807) is 0 Å². The molecule has 4 saturated carbocycles. The smallest absolute Gasteiger partial charge is 0.223 e. The summed E-state index contributed by atoms with van der Waals surface area (Å²) in [7, 11) is 0. The molecule has 1 amide bonds. The third-order valence-corrected chi connectivity index (χ3v) is 8.31. The van der Waals surface area contributed by atoms with Crippen LogP contribution in [0.2, 0.25) is 5.02 Å². The molecule has 4 heteroatoms. The molecule has 5 aliphatic rings. The Labute approximate surface area is 160 Å². The number of β-amino-alcohol motifs (C(OH)–C–C–N with tert-alkyl or cyclic N) is 1. The Balaban J connectivity index is 1.46. The van der Waals surface area contributed by atoms with Crippen LogP contribution >= 0.6 is 11.6 Å². The van der Waals surface area contributed by atoms with E-state index in [1.165, 1.54) is 37.7 Å². The van der Waals surface area contributed by atoms with Gasteiger partial charge in [-0.05, 0) is 79.2 Å². The monoisotopic (exact) mass is 373 g/mol. The molecule has 1 saturated heterocycles. The molecule has 1 N–H and O–H groups in total. The maximum atomic E-state index is 13.0. The van der Waals surface area contributed by atoms with Gasteiger partial charge in [0.1, 0.15) is 0 Å². The normalized spacial score (nSPS) is 38.5. The topological polar surface area (TPSA) is 40.5 Å². The first-order valence-electron chi connectivity index (χ1n) is 10.2. The van der Waals surface area contributed by atoms with Crippen LogP contribution < -0.4 is 0 Å². The zero-order chi connectivity index (χ0) is 17.9. The summed E-state index contributed by atoms with van der Waals surface area (Å²) < 4.78 is 0. The maximum absolute atomic E-state index is 13.0. The van der Waals surface area contributed by atoms with Crippen LogP contribution in [0.3, 0.4) is 0 Å². The first-order valence-corrected chi connectivity index (χ1v) is 10.6. The van der Waals surface area contributed by atoms with Gasteiger partial charge in [0.25, 0.3) is 0 Å². The minimum atomic E-state index is -0.322. The number of hydrogen-bond acceptors (Lipinski definition) is 2. The number of carbonyl (C=O) groups is 1. The van der Waals surface area contributed by atoms with E-state index >= 15 is 0 Å². The van der Waals surface area contributed by atoms with E-state index in [-0.39, 0.29) is 17.4 Å². The Kier molecular flexibility index (Phi) is 4.09. The van der Waals surface area contributed by atoms with Crippen LogP contribution in [0.15, 0.2) is 24.3 Å². The van der Waals surface area contributed by atoms with E-state index in [1.807, 2.05) is 17.0 Å². The van der Waals surface area contributed by atoms with Crippen LogP contribution in [0.4, 0.5) is 0 Å². The molecule has 1 heterocycles. The molecular weight excluding hydrogens is 346 g/mol. The quantitative estimate of drug-likeness (QED) is 0.869. The van der Waals surface area contributed by atoms with Crippen molar-refractivity contribution in [2.45, 2.75) is 51.0 Å². The minimum Gasteiger partial charge on any atom is -0.389 e. The van der Waals surface area contributed by atoms with Gasteiger partial charge < -0.3 is 10.0 Å². The van der Waals surface area contributed by atoms with Crippen molar-refractivity contribution in [2.24, 2.45) is 29.1 Å². The highest BCUT2D eigenvalue weighted by Gasteiger charge is 2.58. The van der Waals surface area contributed by atoms with Crippen molar-refractivity contribution >= 4 is 17.5 Å². The van der Waals surface area contributed by atoms with Crippen molar-refractivity contribution in [3.8, 4) is 0 Å². The number of rotatable bonds is 4. The number of aliphatic hydroxyl groups excluding tert-OH is 1. The van der Waals surface area contributed by atoms with E-state index in [4.69, 9.17) is 11.6 Å². The average Bonchev–Trinajstić information content (AvgIpc) is 2.58. The molecule has 4 bridgehead atoms. The van der Waals surface area contributed by atoms with E-state index in [0.717, 1.165) is 23.3 Å². The molecule has 0 aromatic heterocycles. The van der Waals surface area contributed by atoms with E-state index < -0.39 is 0 Å². The number of benzene rings is 1. The van der Waals surface area contributed by atoms with E-state index in [0.29, 0.717) is 31.3 Å². The van der Waals surface area contributed by atoms with Gasteiger partial charge >= 0.3 is 0 Å². The number of carbonyl (C=O) groups excluding carboxylic acids is 1. The summed E-state index contributed by atoms with van der Waals surface area (Å²) in [6, 6.07) is 8.18. The van der Waals surface area contributed by atoms with Gasteiger partial charge in [0.15, 0.2) is 0 Å². The van der Waals surface area contributed by atoms with Crippen LogP contribution in [0.5, 0.6) is 0 Å². The zero-order valence-electron chi connectivity index (χ0n) is 15.2. The van der Waals surface area contributed by atoms with E-state index in [2.05, 4.69) is 12.1 Å². The van der Waals surface area contributed by atoms with Crippen LogP contribution in [0, 0.1) is 29.1 Å². The predicted octanol–water partition coefficient (Wildman–Crippen LogP) is 3.92.